The first-order valence-corrected chi connectivity index (χ1v) is 12.1. The van der Waals surface area contributed by atoms with Crippen LogP contribution in [0.15, 0.2) is 78.0 Å². The molecule has 1 aliphatic heterocycles. The van der Waals surface area contributed by atoms with E-state index < -0.39 is 17.8 Å². The van der Waals surface area contributed by atoms with Crippen LogP contribution in [0.25, 0.3) is 0 Å². The molecule has 3 aromatic rings. The van der Waals surface area contributed by atoms with Gasteiger partial charge in [0.25, 0.3) is 0 Å². The lowest BCUT2D eigenvalue weighted by Gasteiger charge is -2.30. The molecule has 2 N–H and O–H groups in total. The summed E-state index contributed by atoms with van der Waals surface area (Å²) in [6, 6.07) is 17.7. The first kappa shape index (κ1) is 24.7. The van der Waals surface area contributed by atoms with Crippen molar-refractivity contribution in [1.29, 1.82) is 0 Å². The van der Waals surface area contributed by atoms with E-state index in [1.807, 2.05) is 49.4 Å². The summed E-state index contributed by atoms with van der Waals surface area (Å²) in [6.07, 6.45) is -3.60. The van der Waals surface area contributed by atoms with Gasteiger partial charge >= 0.3 is 6.18 Å². The molecule has 5 nitrogen and oxygen atoms in total. The number of allylic oxidation sites excluding steroid dienone is 1. The number of fused-ring (bicyclic) bond motifs is 1. The van der Waals surface area contributed by atoms with Crippen LogP contribution < -0.4 is 20.1 Å². The molecule has 0 spiro atoms. The normalized spacial score (nSPS) is 19.2. The van der Waals surface area contributed by atoms with Gasteiger partial charge in [-0.2, -0.15) is 13.2 Å². The summed E-state index contributed by atoms with van der Waals surface area (Å²) in [7, 11) is 1.58. The second-order valence-electron chi connectivity index (χ2n) is 9.13. The zero-order valence-corrected chi connectivity index (χ0v) is 20.5. The van der Waals surface area contributed by atoms with Crippen molar-refractivity contribution in [1.82, 2.24) is 0 Å². The number of benzene rings is 3. The number of ether oxygens (including phenoxy) is 2. The molecule has 8 heteroatoms. The maximum absolute atomic E-state index is 13.7. The van der Waals surface area contributed by atoms with Gasteiger partial charge in [0.15, 0.2) is 17.3 Å². The van der Waals surface area contributed by atoms with E-state index in [1.54, 1.807) is 7.11 Å². The Morgan fingerprint density at radius 2 is 1.62 bits per heavy atom. The summed E-state index contributed by atoms with van der Waals surface area (Å²) in [6.45, 7) is 2.41. The number of anilines is 2. The monoisotopic (exact) mass is 508 g/mol. The molecule has 0 aromatic heterocycles. The van der Waals surface area contributed by atoms with Crippen molar-refractivity contribution in [3.05, 3.63) is 94.7 Å². The quantitative estimate of drug-likeness (QED) is 0.385. The Bertz CT molecular complexity index is 1350. The molecule has 2 atom stereocenters. The van der Waals surface area contributed by atoms with E-state index in [0.717, 1.165) is 34.8 Å². The molecule has 1 heterocycles. The predicted molar refractivity (Wildman–Crippen MR) is 136 cm³/mol. The summed E-state index contributed by atoms with van der Waals surface area (Å²) in [5.74, 6) is 1.09. The van der Waals surface area contributed by atoms with Crippen molar-refractivity contribution in [2.75, 3.05) is 24.4 Å². The van der Waals surface area contributed by atoms with E-state index in [9.17, 15) is 18.0 Å². The van der Waals surface area contributed by atoms with E-state index >= 15 is 0 Å². The highest BCUT2D eigenvalue weighted by atomic mass is 19.4. The number of halogens is 3. The van der Waals surface area contributed by atoms with E-state index in [-0.39, 0.29) is 18.1 Å². The van der Waals surface area contributed by atoms with Crippen LogP contribution in [0, 0.1) is 0 Å². The number of carbonyl (C=O) groups is 1. The molecule has 3 aromatic carbocycles. The standard InChI is InChI=1S/C29H27F3N2O3/c1-3-37-25-13-10-18(16-26(25)36-2)19-14-23-27(24(35)15-19)28(34-22-7-5-4-6-21(22)33-23)17-8-11-20(12-9-17)29(30,31)32/h4-13,16,19,28,33-34H,3,14-15H2,1-2H3. The van der Waals surface area contributed by atoms with Gasteiger partial charge in [-0.15, -0.1) is 0 Å². The molecule has 0 amide bonds. The van der Waals surface area contributed by atoms with Gasteiger partial charge in [0.1, 0.15) is 0 Å². The van der Waals surface area contributed by atoms with Crippen molar-refractivity contribution >= 4 is 17.2 Å². The van der Waals surface area contributed by atoms with Crippen molar-refractivity contribution in [3.63, 3.8) is 0 Å². The number of Topliss-reactive ketones (excluding diaryl/α,β-unsaturated/α-hetero) is 1. The minimum Gasteiger partial charge on any atom is -0.493 e. The Balaban J connectivity index is 1.54. The lowest BCUT2D eigenvalue weighted by atomic mass is 9.78. The van der Waals surface area contributed by atoms with Crippen molar-refractivity contribution in [2.45, 2.75) is 37.9 Å². The molecule has 0 radical (unpaired) electrons. The second-order valence-corrected chi connectivity index (χ2v) is 9.13. The van der Waals surface area contributed by atoms with Crippen LogP contribution >= 0.6 is 0 Å². The third-order valence-corrected chi connectivity index (χ3v) is 6.84. The van der Waals surface area contributed by atoms with Crippen LogP contribution in [0.5, 0.6) is 11.5 Å². The highest BCUT2D eigenvalue weighted by Crippen LogP contribution is 2.45. The fraction of sp³-hybridized carbons (Fsp3) is 0.276. The molecular weight excluding hydrogens is 481 g/mol. The molecule has 2 unspecified atom stereocenters. The summed E-state index contributed by atoms with van der Waals surface area (Å²) in [5.41, 5.74) is 3.71. The van der Waals surface area contributed by atoms with Crippen molar-refractivity contribution in [2.24, 2.45) is 0 Å². The first-order valence-electron chi connectivity index (χ1n) is 12.1. The Hall–Kier alpha value is -3.94. The zero-order valence-electron chi connectivity index (χ0n) is 20.5. The number of hydrogen-bond donors (Lipinski definition) is 2. The minimum absolute atomic E-state index is 0.0585. The number of para-hydroxylation sites is 2. The van der Waals surface area contributed by atoms with Crippen LogP contribution in [-0.4, -0.2) is 19.5 Å². The molecule has 2 aliphatic rings. The topological polar surface area (TPSA) is 59.6 Å². The van der Waals surface area contributed by atoms with E-state index in [2.05, 4.69) is 10.6 Å². The molecule has 0 saturated carbocycles. The molecule has 5 rings (SSSR count). The van der Waals surface area contributed by atoms with Crippen LogP contribution in [0.1, 0.15) is 48.4 Å². The predicted octanol–water partition coefficient (Wildman–Crippen LogP) is 7.09. The van der Waals surface area contributed by atoms with Crippen LogP contribution in [0.4, 0.5) is 24.5 Å². The number of rotatable bonds is 5. The molecule has 0 fully saturated rings. The molecule has 1 aliphatic carbocycles. The SMILES string of the molecule is CCOc1ccc(C2CC(=O)C3=C(C2)Nc2ccccc2NC3c2ccc(C(F)(F)F)cc2)cc1OC. The highest BCUT2D eigenvalue weighted by Gasteiger charge is 2.37. The fourth-order valence-electron chi connectivity index (χ4n) is 5.06. The maximum atomic E-state index is 13.7. The van der Waals surface area contributed by atoms with Gasteiger partial charge in [-0.05, 0) is 66.8 Å². The van der Waals surface area contributed by atoms with E-state index in [4.69, 9.17) is 9.47 Å². The summed E-state index contributed by atoms with van der Waals surface area (Å²) in [5, 5.41) is 6.85. The molecular formula is C29H27F3N2O3. The van der Waals surface area contributed by atoms with Gasteiger partial charge < -0.3 is 20.1 Å². The molecule has 0 bridgehead atoms. The third-order valence-electron chi connectivity index (χ3n) is 6.84. The largest absolute Gasteiger partial charge is 0.493 e. The Labute approximate surface area is 213 Å². The number of carbonyl (C=O) groups excluding carboxylic acids is 1. The lowest BCUT2D eigenvalue weighted by Crippen LogP contribution is -2.27. The average Bonchev–Trinajstić information content (AvgIpc) is 3.05. The van der Waals surface area contributed by atoms with Gasteiger partial charge in [0.2, 0.25) is 0 Å². The molecule has 192 valence electrons. The van der Waals surface area contributed by atoms with E-state index in [1.165, 1.54) is 12.1 Å². The van der Waals surface area contributed by atoms with Crippen LogP contribution in [-0.2, 0) is 11.0 Å². The first-order chi connectivity index (χ1) is 17.8. The van der Waals surface area contributed by atoms with Gasteiger partial charge in [-0.1, -0.05) is 30.3 Å². The summed E-state index contributed by atoms with van der Waals surface area (Å²) >= 11 is 0. The molecule has 37 heavy (non-hydrogen) atoms. The number of hydrogen-bond acceptors (Lipinski definition) is 5. The lowest BCUT2D eigenvalue weighted by molar-refractivity contribution is -0.137. The number of nitrogens with one attached hydrogen (secondary N) is 2. The van der Waals surface area contributed by atoms with Gasteiger partial charge in [-0.25, -0.2) is 0 Å². The zero-order chi connectivity index (χ0) is 26.2. The highest BCUT2D eigenvalue weighted by molar-refractivity contribution is 6.01. The molecule has 0 saturated heterocycles. The number of methoxy groups -OCH3 is 1. The Morgan fingerprint density at radius 3 is 2.30 bits per heavy atom. The van der Waals surface area contributed by atoms with Gasteiger partial charge in [0.05, 0.1) is 36.7 Å². The summed E-state index contributed by atoms with van der Waals surface area (Å²) < 4.78 is 50.7. The third kappa shape index (κ3) is 4.88. The smallest absolute Gasteiger partial charge is 0.416 e. The second kappa shape index (κ2) is 9.84. The maximum Gasteiger partial charge on any atom is 0.416 e. The fourth-order valence-corrected chi connectivity index (χ4v) is 5.06. The van der Waals surface area contributed by atoms with Gasteiger partial charge in [0, 0.05) is 17.7 Å². The Morgan fingerprint density at radius 1 is 0.919 bits per heavy atom. The van der Waals surface area contributed by atoms with E-state index in [0.29, 0.717) is 35.7 Å². The minimum atomic E-state index is -4.43. The van der Waals surface area contributed by atoms with Gasteiger partial charge in [-0.3, -0.25) is 4.79 Å². The van der Waals surface area contributed by atoms with Crippen LogP contribution in [0.3, 0.4) is 0 Å². The van der Waals surface area contributed by atoms with Crippen molar-refractivity contribution in [3.8, 4) is 11.5 Å². The Kier molecular flexibility index (Phi) is 6.58. The number of alkyl halides is 3. The van der Waals surface area contributed by atoms with Crippen molar-refractivity contribution < 1.29 is 27.4 Å². The van der Waals surface area contributed by atoms with Crippen LogP contribution in [0.2, 0.25) is 0 Å². The average molecular weight is 509 g/mol. The summed E-state index contributed by atoms with van der Waals surface area (Å²) in [4.78, 5) is 13.7. The number of ketones is 1.